The molecule has 0 aliphatic carbocycles. The van der Waals surface area contributed by atoms with Crippen molar-refractivity contribution in [3.05, 3.63) is 63.4 Å². The first-order chi connectivity index (χ1) is 13.8. The van der Waals surface area contributed by atoms with Gasteiger partial charge in [0, 0.05) is 12.0 Å². The molecule has 1 amide bonds. The molecule has 0 spiro atoms. The van der Waals surface area contributed by atoms with E-state index in [1.807, 2.05) is 53.7 Å². The molecule has 0 heterocycles. The van der Waals surface area contributed by atoms with Crippen LogP contribution in [0.2, 0.25) is 5.02 Å². The molecule has 0 unspecified atom stereocenters. The average Bonchev–Trinajstić information content (AvgIpc) is 2.61. The van der Waals surface area contributed by atoms with Gasteiger partial charge in [-0.2, -0.15) is 5.10 Å². The standard InChI is InChI=1S/C24H30ClFN2O2/c1-23(2,3)17-12-15(13-18(22(17)30)24(4,5)6)10-11-21(29)28-27-14-16-19(25)8-7-9-20(16)26/h7-9,12-14,30H,10-11H2,1-6H3,(H,28,29)/b27-14-. The van der Waals surface area contributed by atoms with Gasteiger partial charge in [0.25, 0.3) is 0 Å². The minimum absolute atomic E-state index is 0.127. The fourth-order valence-electron chi connectivity index (χ4n) is 3.10. The second-order valence-corrected chi connectivity index (χ2v) is 9.88. The molecule has 0 saturated heterocycles. The van der Waals surface area contributed by atoms with Crippen molar-refractivity contribution in [2.45, 2.75) is 65.2 Å². The maximum atomic E-state index is 13.7. The Hall–Kier alpha value is -2.40. The van der Waals surface area contributed by atoms with E-state index in [1.165, 1.54) is 18.3 Å². The van der Waals surface area contributed by atoms with E-state index in [4.69, 9.17) is 11.6 Å². The first kappa shape index (κ1) is 23.9. The maximum absolute atomic E-state index is 13.7. The number of hydrazone groups is 1. The van der Waals surface area contributed by atoms with Crippen molar-refractivity contribution in [3.8, 4) is 5.75 Å². The first-order valence-corrected chi connectivity index (χ1v) is 10.3. The third-order valence-electron chi connectivity index (χ3n) is 4.81. The van der Waals surface area contributed by atoms with Crippen LogP contribution in [0.25, 0.3) is 0 Å². The van der Waals surface area contributed by atoms with Crippen molar-refractivity contribution in [1.82, 2.24) is 5.43 Å². The van der Waals surface area contributed by atoms with Crippen molar-refractivity contribution >= 4 is 23.7 Å². The molecule has 0 aromatic heterocycles. The summed E-state index contributed by atoms with van der Waals surface area (Å²) in [6.45, 7) is 12.3. The Balaban J connectivity index is 2.13. The maximum Gasteiger partial charge on any atom is 0.240 e. The average molecular weight is 433 g/mol. The minimum Gasteiger partial charge on any atom is -0.507 e. The highest BCUT2D eigenvalue weighted by Crippen LogP contribution is 2.39. The van der Waals surface area contributed by atoms with Crippen molar-refractivity contribution in [1.29, 1.82) is 0 Å². The molecule has 2 aromatic carbocycles. The normalized spacial score (nSPS) is 12.4. The Morgan fingerprint density at radius 1 is 1.13 bits per heavy atom. The number of hydrogen-bond donors (Lipinski definition) is 2. The van der Waals surface area contributed by atoms with Crippen LogP contribution in [-0.2, 0) is 22.0 Å². The van der Waals surface area contributed by atoms with Crippen LogP contribution < -0.4 is 5.43 Å². The van der Waals surface area contributed by atoms with Crippen LogP contribution in [0, 0.1) is 5.82 Å². The predicted octanol–water partition coefficient (Wildman–Crippen LogP) is 5.86. The first-order valence-electron chi connectivity index (χ1n) is 9.93. The molecule has 6 heteroatoms. The quantitative estimate of drug-likeness (QED) is 0.459. The lowest BCUT2D eigenvalue weighted by Crippen LogP contribution is -2.20. The van der Waals surface area contributed by atoms with Gasteiger partial charge < -0.3 is 5.11 Å². The van der Waals surface area contributed by atoms with Gasteiger partial charge in [-0.1, -0.05) is 71.3 Å². The Morgan fingerprint density at radius 3 is 2.20 bits per heavy atom. The summed E-state index contributed by atoms with van der Waals surface area (Å²) in [5.41, 5.74) is 4.77. The number of amides is 1. The number of nitrogens with zero attached hydrogens (tertiary/aromatic N) is 1. The van der Waals surface area contributed by atoms with Gasteiger partial charge in [0.15, 0.2) is 0 Å². The minimum atomic E-state index is -0.506. The molecule has 4 nitrogen and oxygen atoms in total. The van der Waals surface area contributed by atoms with Crippen LogP contribution in [-0.4, -0.2) is 17.2 Å². The second kappa shape index (κ2) is 9.17. The van der Waals surface area contributed by atoms with Gasteiger partial charge in [0.1, 0.15) is 11.6 Å². The van der Waals surface area contributed by atoms with E-state index in [2.05, 4.69) is 10.5 Å². The van der Waals surface area contributed by atoms with E-state index in [0.717, 1.165) is 16.7 Å². The van der Waals surface area contributed by atoms with E-state index in [9.17, 15) is 14.3 Å². The number of phenols is 1. The third kappa shape index (κ3) is 6.05. The fourth-order valence-corrected chi connectivity index (χ4v) is 3.31. The van der Waals surface area contributed by atoms with E-state index in [1.54, 1.807) is 6.07 Å². The molecule has 0 radical (unpaired) electrons. The smallest absolute Gasteiger partial charge is 0.240 e. The lowest BCUT2D eigenvalue weighted by atomic mass is 9.78. The molecule has 0 atom stereocenters. The van der Waals surface area contributed by atoms with Gasteiger partial charge in [0.05, 0.1) is 11.2 Å². The molecule has 0 bridgehead atoms. The van der Waals surface area contributed by atoms with Crippen molar-refractivity contribution in [3.63, 3.8) is 0 Å². The molecule has 162 valence electrons. The molecule has 30 heavy (non-hydrogen) atoms. The van der Waals surface area contributed by atoms with Crippen molar-refractivity contribution in [2.75, 3.05) is 0 Å². The zero-order valence-corrected chi connectivity index (χ0v) is 19.2. The molecular formula is C24H30ClFN2O2. The van der Waals surface area contributed by atoms with Crippen LogP contribution in [0.3, 0.4) is 0 Å². The van der Waals surface area contributed by atoms with Gasteiger partial charge in [-0.05, 0) is 46.1 Å². The number of nitrogens with one attached hydrogen (secondary N) is 1. The number of rotatable bonds is 5. The fraction of sp³-hybridized carbons (Fsp3) is 0.417. The summed E-state index contributed by atoms with van der Waals surface area (Å²) in [5, 5.41) is 14.8. The number of aryl methyl sites for hydroxylation is 1. The second-order valence-electron chi connectivity index (χ2n) is 9.47. The van der Waals surface area contributed by atoms with E-state index in [0.29, 0.717) is 12.2 Å². The van der Waals surface area contributed by atoms with Crippen LogP contribution in [0.4, 0.5) is 4.39 Å². The van der Waals surface area contributed by atoms with E-state index >= 15 is 0 Å². The number of halogens is 2. The zero-order chi connectivity index (χ0) is 22.7. The lowest BCUT2D eigenvalue weighted by molar-refractivity contribution is -0.121. The highest BCUT2D eigenvalue weighted by molar-refractivity contribution is 6.33. The van der Waals surface area contributed by atoms with Gasteiger partial charge in [-0.15, -0.1) is 0 Å². The highest BCUT2D eigenvalue weighted by Gasteiger charge is 2.26. The molecule has 2 rings (SSSR count). The summed E-state index contributed by atoms with van der Waals surface area (Å²) >= 11 is 5.94. The highest BCUT2D eigenvalue weighted by atomic mass is 35.5. The number of carbonyl (C=O) groups is 1. The zero-order valence-electron chi connectivity index (χ0n) is 18.4. The summed E-state index contributed by atoms with van der Waals surface area (Å²) in [4.78, 5) is 12.2. The Bertz CT molecular complexity index is 901. The van der Waals surface area contributed by atoms with Crippen molar-refractivity contribution < 1.29 is 14.3 Å². The Labute approximate surface area is 183 Å². The topological polar surface area (TPSA) is 61.7 Å². The number of phenolic OH excluding ortho intramolecular Hbond substituents is 1. The molecule has 0 fully saturated rings. The summed E-state index contributed by atoms with van der Waals surface area (Å²) in [6.07, 6.45) is 1.90. The van der Waals surface area contributed by atoms with Crippen LogP contribution in [0.1, 0.15) is 70.2 Å². The van der Waals surface area contributed by atoms with Crippen LogP contribution in [0.5, 0.6) is 5.75 Å². The van der Waals surface area contributed by atoms with Gasteiger partial charge in [-0.3, -0.25) is 4.79 Å². The van der Waals surface area contributed by atoms with Gasteiger partial charge >= 0.3 is 0 Å². The number of hydrogen-bond acceptors (Lipinski definition) is 3. The third-order valence-corrected chi connectivity index (χ3v) is 5.14. The van der Waals surface area contributed by atoms with Gasteiger partial charge in [0.2, 0.25) is 5.91 Å². The number of aromatic hydroxyl groups is 1. The summed E-state index contributed by atoms with van der Waals surface area (Å²) in [7, 11) is 0. The van der Waals surface area contributed by atoms with Crippen LogP contribution >= 0.6 is 11.6 Å². The van der Waals surface area contributed by atoms with Crippen LogP contribution in [0.15, 0.2) is 35.4 Å². The van der Waals surface area contributed by atoms with Gasteiger partial charge in [-0.25, -0.2) is 9.82 Å². The predicted molar refractivity (Wildman–Crippen MR) is 121 cm³/mol. The summed E-state index contributed by atoms with van der Waals surface area (Å²) in [6, 6.07) is 8.25. The largest absolute Gasteiger partial charge is 0.507 e. The summed E-state index contributed by atoms with van der Waals surface area (Å²) in [5.74, 6) is -0.481. The molecule has 0 saturated carbocycles. The molecule has 0 aliphatic heterocycles. The summed E-state index contributed by atoms with van der Waals surface area (Å²) < 4.78 is 13.7. The molecule has 2 aromatic rings. The number of carbonyl (C=O) groups excluding carboxylic acids is 1. The Morgan fingerprint density at radius 2 is 1.70 bits per heavy atom. The lowest BCUT2D eigenvalue weighted by Gasteiger charge is -2.28. The van der Waals surface area contributed by atoms with Crippen molar-refractivity contribution in [2.24, 2.45) is 5.10 Å². The van der Waals surface area contributed by atoms with E-state index < -0.39 is 5.82 Å². The number of benzene rings is 2. The SMILES string of the molecule is CC(C)(C)c1cc(CCC(=O)N/N=C\c2c(F)cccc2Cl)cc(C(C)(C)C)c1O. The van der Waals surface area contributed by atoms with E-state index in [-0.39, 0.29) is 33.7 Å². The molecular weight excluding hydrogens is 403 g/mol. The molecule has 2 N–H and O–H groups in total. The Kier molecular flexibility index (Phi) is 7.30. The monoisotopic (exact) mass is 432 g/mol. The molecule has 0 aliphatic rings.